The number of ether oxygens (including phenoxy) is 1. The van der Waals surface area contributed by atoms with E-state index < -0.39 is 16.2 Å². The maximum Gasteiger partial charge on any atom is 0.182 e. The molecule has 0 spiro atoms. The second-order valence-corrected chi connectivity index (χ2v) is 11.5. The normalized spacial score (nSPS) is 15.1. The molecule has 0 amide bonds. The first-order valence-electron chi connectivity index (χ1n) is 11.5. The zero-order valence-electron chi connectivity index (χ0n) is 20.0. The van der Waals surface area contributed by atoms with Crippen molar-refractivity contribution < 1.29 is 18.3 Å². The van der Waals surface area contributed by atoms with Crippen molar-refractivity contribution in [1.82, 2.24) is 10.6 Å². The van der Waals surface area contributed by atoms with Gasteiger partial charge in [0.2, 0.25) is 0 Å². The third kappa shape index (κ3) is 6.14. The predicted molar refractivity (Wildman–Crippen MR) is 143 cm³/mol. The molecule has 0 aliphatic carbocycles. The van der Waals surface area contributed by atoms with Crippen molar-refractivity contribution in [2.24, 2.45) is 0 Å². The van der Waals surface area contributed by atoms with Crippen LogP contribution in [0.1, 0.15) is 35.2 Å². The highest BCUT2D eigenvalue weighted by molar-refractivity contribution is 7.90. The number of hydrogen-bond donors (Lipinski definition) is 4. The Labute approximate surface area is 221 Å². The summed E-state index contributed by atoms with van der Waals surface area (Å²) < 4.78 is 31.7. The van der Waals surface area contributed by atoms with Gasteiger partial charge in [-0.05, 0) is 60.3 Å². The lowest BCUT2D eigenvalue weighted by molar-refractivity contribution is 0.151. The molecule has 0 bridgehead atoms. The lowest BCUT2D eigenvalue weighted by Crippen LogP contribution is -2.37. The van der Waals surface area contributed by atoms with Crippen LogP contribution in [-0.4, -0.2) is 33.5 Å². The van der Waals surface area contributed by atoms with Gasteiger partial charge in [-0.15, -0.1) is 0 Å². The summed E-state index contributed by atoms with van der Waals surface area (Å²) in [6.45, 7) is 3.53. The minimum absolute atomic E-state index is 0.105. The maximum absolute atomic E-state index is 13.2. The first kappa shape index (κ1) is 26.7. The summed E-state index contributed by atoms with van der Waals surface area (Å²) in [4.78, 5) is 0.144. The van der Waals surface area contributed by atoms with Gasteiger partial charge in [-0.25, -0.2) is 8.42 Å². The molecule has 3 aromatic carbocycles. The molecule has 0 saturated carbocycles. The standard InChI is InChI=1S/C26H29Cl2N3O4S/c1-16(21-4-3-5-22(27)25(21)28)30-26(32)31-23-9-8-20(13-24(23)35-2)36(33,34)15-17-6-7-19-14-29-11-10-18(19)12-17/h3-9,12-13,16,26,29-32H,10-11,14-15H2,1-2H3/t16-,26?/m1/s1. The van der Waals surface area contributed by atoms with Crippen molar-refractivity contribution >= 4 is 38.7 Å². The minimum atomic E-state index is -3.61. The predicted octanol–water partition coefficient (Wildman–Crippen LogP) is 4.66. The summed E-state index contributed by atoms with van der Waals surface area (Å²) >= 11 is 12.4. The molecule has 4 N–H and O–H groups in total. The van der Waals surface area contributed by atoms with Crippen molar-refractivity contribution in [2.45, 2.75) is 42.9 Å². The van der Waals surface area contributed by atoms with E-state index in [4.69, 9.17) is 27.9 Å². The number of fused-ring (bicyclic) bond motifs is 1. The molecule has 0 saturated heterocycles. The Kier molecular flexibility index (Phi) is 8.44. The Bertz CT molecular complexity index is 1350. The Balaban J connectivity index is 1.47. The smallest absolute Gasteiger partial charge is 0.182 e. The average molecular weight is 551 g/mol. The summed E-state index contributed by atoms with van der Waals surface area (Å²) in [5.74, 6) is 0.188. The highest BCUT2D eigenvalue weighted by Crippen LogP contribution is 2.32. The molecule has 36 heavy (non-hydrogen) atoms. The van der Waals surface area contributed by atoms with Gasteiger partial charge >= 0.3 is 0 Å². The number of anilines is 1. The Morgan fingerprint density at radius 1 is 1.11 bits per heavy atom. The van der Waals surface area contributed by atoms with E-state index in [1.165, 1.54) is 30.4 Å². The number of nitrogens with one attached hydrogen (secondary N) is 3. The lowest BCUT2D eigenvalue weighted by Gasteiger charge is -2.23. The lowest BCUT2D eigenvalue weighted by atomic mass is 9.99. The van der Waals surface area contributed by atoms with Gasteiger partial charge in [0.1, 0.15) is 5.75 Å². The molecular weight excluding hydrogens is 521 g/mol. The van der Waals surface area contributed by atoms with E-state index in [0.29, 0.717) is 21.5 Å². The van der Waals surface area contributed by atoms with Crippen molar-refractivity contribution in [2.75, 3.05) is 19.0 Å². The van der Waals surface area contributed by atoms with Crippen LogP contribution < -0.4 is 20.7 Å². The Morgan fingerprint density at radius 2 is 1.92 bits per heavy atom. The average Bonchev–Trinajstić information content (AvgIpc) is 2.85. The molecule has 192 valence electrons. The monoisotopic (exact) mass is 549 g/mol. The first-order valence-corrected chi connectivity index (χ1v) is 14.0. The van der Waals surface area contributed by atoms with E-state index in [0.717, 1.165) is 30.6 Å². The molecule has 1 unspecified atom stereocenters. The highest BCUT2D eigenvalue weighted by atomic mass is 35.5. The van der Waals surface area contributed by atoms with Gasteiger partial charge in [0, 0.05) is 18.7 Å². The minimum Gasteiger partial charge on any atom is -0.495 e. The van der Waals surface area contributed by atoms with Crippen LogP contribution in [0, 0.1) is 0 Å². The van der Waals surface area contributed by atoms with E-state index in [1.54, 1.807) is 18.2 Å². The van der Waals surface area contributed by atoms with Gasteiger partial charge in [0.15, 0.2) is 16.2 Å². The molecule has 1 heterocycles. The van der Waals surface area contributed by atoms with Crippen molar-refractivity contribution in [1.29, 1.82) is 0 Å². The number of aliphatic hydroxyl groups is 1. The fourth-order valence-corrected chi connectivity index (χ4v) is 6.10. The third-order valence-electron chi connectivity index (χ3n) is 6.19. The van der Waals surface area contributed by atoms with Crippen LogP contribution in [0.15, 0.2) is 59.5 Å². The second kappa shape index (κ2) is 11.4. The topological polar surface area (TPSA) is 99.7 Å². The molecule has 0 radical (unpaired) electrons. The van der Waals surface area contributed by atoms with Gasteiger partial charge in [-0.2, -0.15) is 0 Å². The first-order chi connectivity index (χ1) is 17.2. The van der Waals surface area contributed by atoms with Gasteiger partial charge in [0.25, 0.3) is 0 Å². The summed E-state index contributed by atoms with van der Waals surface area (Å²) in [7, 11) is -2.16. The number of benzene rings is 3. The van der Waals surface area contributed by atoms with Crippen molar-refractivity contribution in [3.8, 4) is 5.75 Å². The molecule has 1 aliphatic heterocycles. The van der Waals surface area contributed by atoms with E-state index in [2.05, 4.69) is 16.0 Å². The van der Waals surface area contributed by atoms with Gasteiger partial charge < -0.3 is 20.5 Å². The molecule has 0 fully saturated rings. The van der Waals surface area contributed by atoms with Crippen LogP contribution in [-0.2, 0) is 28.6 Å². The van der Waals surface area contributed by atoms with E-state index >= 15 is 0 Å². The molecule has 3 aromatic rings. The van der Waals surface area contributed by atoms with E-state index in [1.807, 2.05) is 31.2 Å². The number of aliphatic hydroxyl groups excluding tert-OH is 1. The number of rotatable bonds is 9. The fourth-order valence-electron chi connectivity index (χ4n) is 4.28. The molecule has 4 rings (SSSR count). The molecule has 2 atom stereocenters. The zero-order chi connectivity index (χ0) is 25.9. The van der Waals surface area contributed by atoms with Crippen LogP contribution in [0.2, 0.25) is 10.0 Å². The summed E-state index contributed by atoms with van der Waals surface area (Å²) in [5, 5.41) is 20.6. The van der Waals surface area contributed by atoms with Crippen LogP contribution in [0.5, 0.6) is 5.75 Å². The second-order valence-electron chi connectivity index (χ2n) is 8.73. The van der Waals surface area contributed by atoms with E-state index in [9.17, 15) is 13.5 Å². The number of hydrogen-bond acceptors (Lipinski definition) is 7. The summed E-state index contributed by atoms with van der Waals surface area (Å²) in [6, 6.07) is 15.4. The summed E-state index contributed by atoms with van der Waals surface area (Å²) in [5.41, 5.74) is 4.32. The maximum atomic E-state index is 13.2. The SMILES string of the molecule is COc1cc(S(=O)(=O)Cc2ccc3c(c2)CCNC3)ccc1NC(O)N[C@H](C)c1cccc(Cl)c1Cl. The molecule has 1 aliphatic rings. The fraction of sp³-hybridized carbons (Fsp3) is 0.308. The molecule has 0 aromatic heterocycles. The number of sulfone groups is 1. The largest absolute Gasteiger partial charge is 0.495 e. The van der Waals surface area contributed by atoms with Gasteiger partial charge in [0.05, 0.1) is 33.5 Å². The highest BCUT2D eigenvalue weighted by Gasteiger charge is 2.21. The Morgan fingerprint density at radius 3 is 2.69 bits per heavy atom. The van der Waals surface area contributed by atoms with Crippen LogP contribution in [0.25, 0.3) is 0 Å². The molecular formula is C26H29Cl2N3O4S. The Hall–Kier alpha value is -2.33. The number of halogens is 2. The number of methoxy groups -OCH3 is 1. The van der Waals surface area contributed by atoms with Crippen molar-refractivity contribution in [3.63, 3.8) is 0 Å². The van der Waals surface area contributed by atoms with Gasteiger partial charge in [-0.1, -0.05) is 53.5 Å². The third-order valence-corrected chi connectivity index (χ3v) is 8.71. The van der Waals surface area contributed by atoms with Crippen LogP contribution >= 0.6 is 23.2 Å². The van der Waals surface area contributed by atoms with Crippen LogP contribution in [0.3, 0.4) is 0 Å². The van der Waals surface area contributed by atoms with Crippen molar-refractivity contribution in [3.05, 3.63) is 86.9 Å². The van der Waals surface area contributed by atoms with Crippen LogP contribution in [0.4, 0.5) is 5.69 Å². The molecule has 10 heteroatoms. The quantitative estimate of drug-likeness (QED) is 0.288. The molecule has 7 nitrogen and oxygen atoms in total. The summed E-state index contributed by atoms with van der Waals surface area (Å²) in [6.07, 6.45) is -0.285. The van der Waals surface area contributed by atoms with E-state index in [-0.39, 0.29) is 16.7 Å². The van der Waals surface area contributed by atoms with Gasteiger partial charge in [-0.3, -0.25) is 5.32 Å². The zero-order valence-corrected chi connectivity index (χ0v) is 22.3.